The van der Waals surface area contributed by atoms with Gasteiger partial charge in [0.15, 0.2) is 5.82 Å². The molecular formula is C13H19N5. The van der Waals surface area contributed by atoms with Gasteiger partial charge in [-0.15, -0.1) is 10.2 Å². The monoisotopic (exact) mass is 245 g/mol. The maximum atomic E-state index is 5.45. The van der Waals surface area contributed by atoms with Gasteiger partial charge in [0.2, 0.25) is 0 Å². The van der Waals surface area contributed by atoms with E-state index < -0.39 is 0 Å². The minimum atomic E-state index is 0.653. The van der Waals surface area contributed by atoms with Crippen LogP contribution in [-0.2, 0) is 19.4 Å². The van der Waals surface area contributed by atoms with Crippen LogP contribution < -0.4 is 5.73 Å². The average Bonchev–Trinajstić information content (AvgIpc) is 2.83. The smallest absolute Gasteiger partial charge is 0.175 e. The van der Waals surface area contributed by atoms with Crippen LogP contribution in [0.15, 0.2) is 24.3 Å². The van der Waals surface area contributed by atoms with Gasteiger partial charge < -0.3 is 5.73 Å². The first-order chi connectivity index (χ1) is 8.79. The molecule has 0 aliphatic heterocycles. The summed E-state index contributed by atoms with van der Waals surface area (Å²) in [4.78, 5) is 1.63. The van der Waals surface area contributed by atoms with Crippen LogP contribution in [0, 0.1) is 6.92 Å². The van der Waals surface area contributed by atoms with Gasteiger partial charge in [-0.2, -0.15) is 4.80 Å². The maximum absolute atomic E-state index is 5.45. The molecule has 0 bridgehead atoms. The van der Waals surface area contributed by atoms with E-state index in [4.69, 9.17) is 5.73 Å². The summed E-state index contributed by atoms with van der Waals surface area (Å²) in [6, 6.07) is 8.39. The first kappa shape index (κ1) is 12.7. The fourth-order valence-corrected chi connectivity index (χ4v) is 1.84. The highest BCUT2D eigenvalue weighted by Crippen LogP contribution is 2.09. The van der Waals surface area contributed by atoms with Gasteiger partial charge in [-0.1, -0.05) is 24.3 Å². The quantitative estimate of drug-likeness (QED) is 0.828. The van der Waals surface area contributed by atoms with Gasteiger partial charge in [0.1, 0.15) is 0 Å². The Labute approximate surface area is 107 Å². The molecule has 2 N–H and O–H groups in total. The molecule has 5 nitrogen and oxygen atoms in total. The molecule has 0 saturated heterocycles. The molecule has 5 heteroatoms. The fourth-order valence-electron chi connectivity index (χ4n) is 1.84. The van der Waals surface area contributed by atoms with Crippen molar-refractivity contribution < 1.29 is 0 Å². The van der Waals surface area contributed by atoms with E-state index in [2.05, 4.69) is 46.6 Å². The standard InChI is InChI=1S/C13H19N5/c1-11-5-2-3-6-12(11)7-8-13-15-17-18(16-13)10-4-9-14/h2-3,5-6H,4,7-10,14H2,1H3. The van der Waals surface area contributed by atoms with Crippen molar-refractivity contribution in [1.82, 2.24) is 20.2 Å². The number of aryl methyl sites for hydroxylation is 4. The highest BCUT2D eigenvalue weighted by molar-refractivity contribution is 5.25. The Morgan fingerprint density at radius 2 is 2.06 bits per heavy atom. The molecule has 96 valence electrons. The van der Waals surface area contributed by atoms with Gasteiger partial charge in [-0.3, -0.25) is 0 Å². The molecule has 1 aromatic carbocycles. The second kappa shape index (κ2) is 6.26. The molecule has 0 atom stereocenters. The molecule has 0 aliphatic carbocycles. The van der Waals surface area contributed by atoms with Gasteiger partial charge in [0.25, 0.3) is 0 Å². The van der Waals surface area contributed by atoms with Crippen LogP contribution in [0.2, 0.25) is 0 Å². The van der Waals surface area contributed by atoms with Crippen molar-refractivity contribution in [1.29, 1.82) is 0 Å². The van der Waals surface area contributed by atoms with Crippen LogP contribution in [0.1, 0.15) is 23.4 Å². The van der Waals surface area contributed by atoms with Gasteiger partial charge >= 0.3 is 0 Å². The van der Waals surface area contributed by atoms with Crippen molar-refractivity contribution in [3.8, 4) is 0 Å². The van der Waals surface area contributed by atoms with Crippen LogP contribution in [0.3, 0.4) is 0 Å². The van der Waals surface area contributed by atoms with E-state index in [-0.39, 0.29) is 0 Å². The number of aromatic nitrogens is 4. The second-order valence-electron chi connectivity index (χ2n) is 4.37. The Kier molecular flexibility index (Phi) is 4.41. The molecule has 0 radical (unpaired) electrons. The Hall–Kier alpha value is -1.75. The maximum Gasteiger partial charge on any atom is 0.175 e. The molecule has 1 aromatic heterocycles. The number of nitrogens with two attached hydrogens (primary N) is 1. The summed E-state index contributed by atoms with van der Waals surface area (Å²) >= 11 is 0. The van der Waals surface area contributed by atoms with Crippen LogP contribution >= 0.6 is 0 Å². The second-order valence-corrected chi connectivity index (χ2v) is 4.37. The van der Waals surface area contributed by atoms with Crippen LogP contribution in [0.4, 0.5) is 0 Å². The fraction of sp³-hybridized carbons (Fsp3) is 0.462. The van der Waals surface area contributed by atoms with E-state index in [9.17, 15) is 0 Å². The van der Waals surface area contributed by atoms with E-state index in [1.54, 1.807) is 4.80 Å². The summed E-state index contributed by atoms with van der Waals surface area (Å²) < 4.78 is 0. The molecule has 0 spiro atoms. The molecule has 1 heterocycles. The largest absolute Gasteiger partial charge is 0.330 e. The minimum absolute atomic E-state index is 0.653. The number of tetrazole rings is 1. The average molecular weight is 245 g/mol. The molecule has 0 unspecified atom stereocenters. The first-order valence-corrected chi connectivity index (χ1v) is 6.31. The summed E-state index contributed by atoms with van der Waals surface area (Å²) in [6.07, 6.45) is 2.66. The van der Waals surface area contributed by atoms with E-state index in [0.717, 1.165) is 31.6 Å². The molecule has 0 saturated carbocycles. The van der Waals surface area contributed by atoms with Crippen molar-refractivity contribution in [3.05, 3.63) is 41.2 Å². The summed E-state index contributed by atoms with van der Waals surface area (Å²) in [5, 5.41) is 12.4. The molecule has 18 heavy (non-hydrogen) atoms. The number of rotatable bonds is 6. The molecule has 2 rings (SSSR count). The lowest BCUT2D eigenvalue weighted by Gasteiger charge is -2.02. The summed E-state index contributed by atoms with van der Waals surface area (Å²) in [6.45, 7) is 3.52. The van der Waals surface area contributed by atoms with Gasteiger partial charge in [0, 0.05) is 6.42 Å². The van der Waals surface area contributed by atoms with Crippen LogP contribution in [-0.4, -0.2) is 26.8 Å². The normalized spacial score (nSPS) is 10.8. The number of hydrogen-bond donors (Lipinski definition) is 1. The van der Waals surface area contributed by atoms with E-state index >= 15 is 0 Å². The Morgan fingerprint density at radius 1 is 1.22 bits per heavy atom. The number of nitrogens with zero attached hydrogens (tertiary/aromatic N) is 4. The molecule has 2 aromatic rings. The Bertz CT molecular complexity index is 492. The summed E-state index contributed by atoms with van der Waals surface area (Å²) in [7, 11) is 0. The third-order valence-electron chi connectivity index (χ3n) is 2.94. The van der Waals surface area contributed by atoms with Gasteiger partial charge in [-0.05, 0) is 42.7 Å². The lowest BCUT2D eigenvalue weighted by atomic mass is 10.0. The number of benzene rings is 1. The van der Waals surface area contributed by atoms with Crippen molar-refractivity contribution in [2.24, 2.45) is 5.73 Å². The van der Waals surface area contributed by atoms with Crippen molar-refractivity contribution in [2.45, 2.75) is 32.7 Å². The Morgan fingerprint density at radius 3 is 2.83 bits per heavy atom. The van der Waals surface area contributed by atoms with Gasteiger partial charge in [0.05, 0.1) is 6.54 Å². The minimum Gasteiger partial charge on any atom is -0.330 e. The molecular weight excluding hydrogens is 226 g/mol. The highest BCUT2D eigenvalue weighted by atomic mass is 15.6. The molecule has 0 aliphatic rings. The predicted molar refractivity (Wildman–Crippen MR) is 70.1 cm³/mol. The zero-order chi connectivity index (χ0) is 12.8. The topological polar surface area (TPSA) is 69.6 Å². The molecule has 0 amide bonds. The van der Waals surface area contributed by atoms with Crippen molar-refractivity contribution in [2.75, 3.05) is 6.54 Å². The SMILES string of the molecule is Cc1ccccc1CCc1nnn(CCCN)n1. The van der Waals surface area contributed by atoms with Crippen LogP contribution in [0.25, 0.3) is 0 Å². The zero-order valence-electron chi connectivity index (χ0n) is 10.7. The van der Waals surface area contributed by atoms with E-state index in [1.165, 1.54) is 11.1 Å². The molecule has 0 fully saturated rings. The number of hydrogen-bond acceptors (Lipinski definition) is 4. The lowest BCUT2D eigenvalue weighted by molar-refractivity contribution is 0.502. The summed E-state index contributed by atoms with van der Waals surface area (Å²) in [5.74, 6) is 0.801. The Balaban J connectivity index is 1.90. The third-order valence-corrected chi connectivity index (χ3v) is 2.94. The summed E-state index contributed by atoms with van der Waals surface area (Å²) in [5.41, 5.74) is 8.10. The lowest BCUT2D eigenvalue weighted by Crippen LogP contribution is -2.08. The first-order valence-electron chi connectivity index (χ1n) is 6.31. The third kappa shape index (κ3) is 3.37. The van der Waals surface area contributed by atoms with Crippen molar-refractivity contribution in [3.63, 3.8) is 0 Å². The highest BCUT2D eigenvalue weighted by Gasteiger charge is 2.04. The van der Waals surface area contributed by atoms with E-state index in [0.29, 0.717) is 6.54 Å². The van der Waals surface area contributed by atoms with E-state index in [1.807, 2.05) is 0 Å². The van der Waals surface area contributed by atoms with Crippen LogP contribution in [0.5, 0.6) is 0 Å². The van der Waals surface area contributed by atoms with Gasteiger partial charge in [-0.25, -0.2) is 0 Å². The predicted octanol–water partition coefficient (Wildman–Crippen LogP) is 1.12. The zero-order valence-corrected chi connectivity index (χ0v) is 10.7. The van der Waals surface area contributed by atoms with Crippen molar-refractivity contribution >= 4 is 0 Å².